The summed E-state index contributed by atoms with van der Waals surface area (Å²) in [6.45, 7) is 6.17. The van der Waals surface area contributed by atoms with Crippen molar-refractivity contribution in [3.8, 4) is 11.3 Å². The molecular weight excluding hydrogens is 451 g/mol. The van der Waals surface area contributed by atoms with E-state index in [1.165, 1.54) is 23.0 Å². The number of fused-ring (bicyclic) bond motifs is 2. The number of nitrogens with zero attached hydrogens (tertiary/aromatic N) is 3. The van der Waals surface area contributed by atoms with Crippen molar-refractivity contribution < 1.29 is 32.4 Å². The quantitative estimate of drug-likeness (QED) is 0.542. The zero-order chi connectivity index (χ0) is 23.9. The molecule has 5 heterocycles. The fourth-order valence-corrected chi connectivity index (χ4v) is 6.67. The minimum atomic E-state index is -4.49. The van der Waals surface area contributed by atoms with Gasteiger partial charge in [0, 0.05) is 23.8 Å². The van der Waals surface area contributed by atoms with Gasteiger partial charge in [-0.15, -0.1) is 5.10 Å². The Bertz CT molecular complexity index is 1090. The first-order chi connectivity index (χ1) is 16.1. The first kappa shape index (κ1) is 22.5. The van der Waals surface area contributed by atoms with Gasteiger partial charge in [-0.05, 0) is 44.1 Å². The molecule has 1 saturated carbocycles. The molecule has 4 saturated heterocycles. The molecule has 10 heteroatoms. The molecule has 7 nitrogen and oxygen atoms in total. The highest BCUT2D eigenvalue weighted by atomic mass is 19.4. The van der Waals surface area contributed by atoms with E-state index in [0.717, 1.165) is 25.3 Å². The SMILES string of the molecule is C[C@@H]1[C@@H](n2cc(-c3ccccc3C(F)(F)F)nn2)O[C@@H]2O[C@@]3(C)CC[C@H]4[C@H](C)CC[C@@H]1[C@@]24OO3. The third-order valence-electron chi connectivity index (χ3n) is 8.40. The van der Waals surface area contributed by atoms with E-state index in [4.69, 9.17) is 19.2 Å². The molecule has 1 aliphatic carbocycles. The normalized spacial score (nSPS) is 41.7. The van der Waals surface area contributed by atoms with Crippen LogP contribution in [0.15, 0.2) is 30.5 Å². The van der Waals surface area contributed by atoms with Gasteiger partial charge in [0.25, 0.3) is 0 Å². The number of hydrogen-bond donors (Lipinski definition) is 0. The summed E-state index contributed by atoms with van der Waals surface area (Å²) in [5.74, 6) is -0.199. The largest absolute Gasteiger partial charge is 0.417 e. The van der Waals surface area contributed by atoms with Crippen LogP contribution in [0.4, 0.5) is 13.2 Å². The van der Waals surface area contributed by atoms with Gasteiger partial charge in [-0.1, -0.05) is 37.3 Å². The maximum Gasteiger partial charge on any atom is 0.417 e. The number of halogens is 3. The fraction of sp³-hybridized carbons (Fsp3) is 0.667. The van der Waals surface area contributed by atoms with Crippen molar-refractivity contribution in [2.24, 2.45) is 23.7 Å². The van der Waals surface area contributed by atoms with Crippen molar-refractivity contribution in [1.82, 2.24) is 15.0 Å². The van der Waals surface area contributed by atoms with Crippen LogP contribution in [0.1, 0.15) is 58.2 Å². The summed E-state index contributed by atoms with van der Waals surface area (Å²) in [7, 11) is 0. The van der Waals surface area contributed by atoms with Gasteiger partial charge < -0.3 is 9.47 Å². The lowest BCUT2D eigenvalue weighted by molar-refractivity contribution is -0.574. The van der Waals surface area contributed by atoms with E-state index < -0.39 is 35.6 Å². The summed E-state index contributed by atoms with van der Waals surface area (Å²) < 4.78 is 55.0. The van der Waals surface area contributed by atoms with E-state index in [1.807, 2.05) is 6.92 Å². The molecule has 0 amide bonds. The van der Waals surface area contributed by atoms with Crippen molar-refractivity contribution in [1.29, 1.82) is 0 Å². The van der Waals surface area contributed by atoms with E-state index in [2.05, 4.69) is 24.2 Å². The van der Waals surface area contributed by atoms with Gasteiger partial charge >= 0.3 is 6.18 Å². The van der Waals surface area contributed by atoms with E-state index in [9.17, 15) is 13.2 Å². The Morgan fingerprint density at radius 2 is 1.85 bits per heavy atom. The van der Waals surface area contributed by atoms with Crippen molar-refractivity contribution in [2.45, 2.75) is 76.5 Å². The lowest BCUT2D eigenvalue weighted by atomic mass is 9.58. The molecule has 2 bridgehead atoms. The number of rotatable bonds is 2. The van der Waals surface area contributed by atoms with Gasteiger partial charge in [-0.25, -0.2) is 14.5 Å². The van der Waals surface area contributed by atoms with E-state index in [1.54, 1.807) is 6.07 Å². The van der Waals surface area contributed by atoms with Crippen LogP contribution < -0.4 is 0 Å². The lowest BCUT2D eigenvalue weighted by Crippen LogP contribution is -2.69. The maximum atomic E-state index is 13.6. The van der Waals surface area contributed by atoms with Gasteiger partial charge in [-0.3, -0.25) is 0 Å². The van der Waals surface area contributed by atoms with Crippen LogP contribution in [0.2, 0.25) is 0 Å². The first-order valence-electron chi connectivity index (χ1n) is 11.9. The Balaban J connectivity index is 1.37. The van der Waals surface area contributed by atoms with Gasteiger partial charge in [0.15, 0.2) is 18.1 Å². The minimum absolute atomic E-state index is 0.0123. The van der Waals surface area contributed by atoms with Crippen LogP contribution in [-0.2, 0) is 25.4 Å². The second-order valence-electron chi connectivity index (χ2n) is 10.4. The topological polar surface area (TPSA) is 67.6 Å². The van der Waals surface area contributed by atoms with Crippen LogP contribution in [0.25, 0.3) is 11.3 Å². The molecule has 5 aliphatic rings. The van der Waals surface area contributed by atoms with Crippen molar-refractivity contribution in [2.75, 3.05) is 0 Å². The Labute approximate surface area is 195 Å². The van der Waals surface area contributed by atoms with Crippen molar-refractivity contribution in [3.05, 3.63) is 36.0 Å². The first-order valence-corrected chi connectivity index (χ1v) is 11.9. The molecular formula is C24H28F3N3O4. The summed E-state index contributed by atoms with van der Waals surface area (Å²) in [6.07, 6.45) is -0.580. The summed E-state index contributed by atoms with van der Waals surface area (Å²) >= 11 is 0. The highest BCUT2D eigenvalue weighted by molar-refractivity contribution is 5.63. The number of hydrogen-bond acceptors (Lipinski definition) is 6. The molecule has 34 heavy (non-hydrogen) atoms. The zero-order valence-corrected chi connectivity index (χ0v) is 19.3. The predicted molar refractivity (Wildman–Crippen MR) is 113 cm³/mol. The molecule has 0 radical (unpaired) electrons. The Kier molecular flexibility index (Phi) is 4.95. The van der Waals surface area contributed by atoms with E-state index in [0.29, 0.717) is 12.3 Å². The highest BCUT2D eigenvalue weighted by Gasteiger charge is 2.69. The van der Waals surface area contributed by atoms with E-state index >= 15 is 0 Å². The summed E-state index contributed by atoms with van der Waals surface area (Å²) in [4.78, 5) is 12.0. The third-order valence-corrected chi connectivity index (χ3v) is 8.40. The van der Waals surface area contributed by atoms with Crippen molar-refractivity contribution >= 4 is 0 Å². The molecule has 2 aromatic rings. The van der Waals surface area contributed by atoms with Gasteiger partial charge in [0.1, 0.15) is 5.69 Å². The smallest absolute Gasteiger partial charge is 0.324 e. The van der Waals surface area contributed by atoms with Crippen LogP contribution in [0.5, 0.6) is 0 Å². The third kappa shape index (κ3) is 3.18. The van der Waals surface area contributed by atoms with Gasteiger partial charge in [-0.2, -0.15) is 13.2 Å². The molecule has 5 fully saturated rings. The lowest BCUT2D eigenvalue weighted by Gasteiger charge is -2.60. The van der Waals surface area contributed by atoms with Crippen LogP contribution in [0.3, 0.4) is 0 Å². The maximum absolute atomic E-state index is 13.6. The van der Waals surface area contributed by atoms with Gasteiger partial charge in [0.2, 0.25) is 5.79 Å². The number of aromatic nitrogens is 3. The molecule has 1 aromatic carbocycles. The van der Waals surface area contributed by atoms with Crippen molar-refractivity contribution in [3.63, 3.8) is 0 Å². The highest BCUT2D eigenvalue weighted by Crippen LogP contribution is 2.61. The van der Waals surface area contributed by atoms with E-state index in [-0.39, 0.29) is 29.0 Å². The average Bonchev–Trinajstić information content (AvgIpc) is 3.17. The molecule has 7 rings (SSSR count). The molecule has 8 atom stereocenters. The number of alkyl halides is 3. The standard InChI is InChI=1S/C24H28F3N3O4/c1-13-8-9-17-14(2)20(31-21-23(17)16(13)10-11-22(3,32-21)33-34-23)30-12-19(28-29-30)15-6-4-5-7-18(15)24(25,26)27/h4-7,12-14,16-17,20-21H,8-11H2,1-3H3/t13-,14+,16+,17+,20+,21-,22-,23-/m1/s1. The molecule has 0 N–H and O–H groups in total. The molecule has 0 unspecified atom stereocenters. The minimum Gasteiger partial charge on any atom is -0.324 e. The van der Waals surface area contributed by atoms with Crippen LogP contribution in [0, 0.1) is 23.7 Å². The fourth-order valence-electron chi connectivity index (χ4n) is 6.67. The number of benzene rings is 1. The van der Waals surface area contributed by atoms with Gasteiger partial charge in [0.05, 0.1) is 11.8 Å². The predicted octanol–water partition coefficient (Wildman–Crippen LogP) is 5.34. The molecule has 4 aliphatic heterocycles. The molecule has 1 spiro atoms. The second kappa shape index (κ2) is 7.49. The van der Waals surface area contributed by atoms with Crippen LogP contribution in [-0.4, -0.2) is 32.7 Å². The van der Waals surface area contributed by atoms with Crippen LogP contribution >= 0.6 is 0 Å². The Hall–Kier alpha value is -2.01. The summed E-state index contributed by atoms with van der Waals surface area (Å²) in [6, 6.07) is 5.38. The zero-order valence-electron chi connectivity index (χ0n) is 19.3. The summed E-state index contributed by atoms with van der Waals surface area (Å²) in [5.41, 5.74) is -1.32. The number of ether oxygens (including phenoxy) is 2. The Morgan fingerprint density at radius 3 is 2.65 bits per heavy atom. The Morgan fingerprint density at radius 1 is 1.06 bits per heavy atom. The monoisotopic (exact) mass is 479 g/mol. The molecule has 184 valence electrons. The summed E-state index contributed by atoms with van der Waals surface area (Å²) in [5, 5.41) is 8.28. The average molecular weight is 479 g/mol. The molecule has 1 aromatic heterocycles. The second-order valence-corrected chi connectivity index (χ2v) is 10.4.